The molecule has 12 aromatic rings. The second-order valence-corrected chi connectivity index (χ2v) is 34.4. The van der Waals surface area contributed by atoms with Crippen LogP contribution in [0, 0.1) is 19.7 Å². The Morgan fingerprint density at radius 1 is 0.240 bits per heavy atom. The van der Waals surface area contributed by atoms with Crippen LogP contribution >= 0.6 is 51.5 Å². The quantitative estimate of drug-likeness (QED) is 0.0196. The molecule has 0 bridgehead atoms. The van der Waals surface area contributed by atoms with E-state index in [2.05, 4.69) is 0 Å². The van der Waals surface area contributed by atoms with Crippen molar-refractivity contribution in [1.29, 1.82) is 0 Å². The Hall–Kier alpha value is -11.6. The number of carbonyl (C=O) groups is 6. The highest BCUT2D eigenvalue weighted by molar-refractivity contribution is 7.57. The molecule has 0 fully saturated rings. The Kier molecular flexibility index (Phi) is 47.0. The molecule has 0 amide bonds. The van der Waals surface area contributed by atoms with Gasteiger partial charge in [-0.1, -0.05) is 197 Å². The van der Waals surface area contributed by atoms with Crippen molar-refractivity contribution in [2.24, 2.45) is 0 Å². The van der Waals surface area contributed by atoms with E-state index in [-0.39, 0.29) is 51.1 Å². The van der Waals surface area contributed by atoms with Gasteiger partial charge < -0.3 is 85.3 Å². The maximum Gasteiger partial charge on any atom is 0.188 e. The molecule has 12 aromatic carbocycles. The van der Waals surface area contributed by atoms with Gasteiger partial charge in [-0.3, -0.25) is 28.8 Å². The largest absolute Gasteiger partial charge is 0.497 e. The molecule has 0 aliphatic heterocycles. The highest BCUT2D eigenvalue weighted by atomic mass is 31.1. The molecular formula is C98H105FO24P6. The Morgan fingerprint density at radius 2 is 0.574 bits per heavy atom. The molecule has 0 aliphatic carbocycles. The monoisotopic (exact) mass is 1870 g/mol. The van der Waals surface area contributed by atoms with E-state index in [0.29, 0.717) is 120 Å². The van der Waals surface area contributed by atoms with E-state index in [9.17, 15) is 33.2 Å². The zero-order valence-corrected chi connectivity index (χ0v) is 80.1. The number of rotatable bonds is 41. The number of aryl methyl sites for hydroxylation is 2. The van der Waals surface area contributed by atoms with Crippen LogP contribution < -0.4 is 125 Å². The molecular weight excluding hydrogens is 1770 g/mol. The smallest absolute Gasteiger partial charge is 0.188 e. The first-order valence-corrected chi connectivity index (χ1v) is 45.2. The summed E-state index contributed by atoms with van der Waals surface area (Å²) in [5, 5.41) is 11.3. The van der Waals surface area contributed by atoms with Gasteiger partial charge in [0, 0.05) is 113 Å². The molecule has 0 aliphatic rings. The van der Waals surface area contributed by atoms with Gasteiger partial charge in [-0.2, -0.15) is 0 Å². The van der Waals surface area contributed by atoms with Crippen molar-refractivity contribution in [1.82, 2.24) is 0 Å². The Bertz CT molecular complexity index is 5580. The van der Waals surface area contributed by atoms with Crippen LogP contribution in [0.15, 0.2) is 231 Å². The van der Waals surface area contributed by atoms with Crippen molar-refractivity contribution in [3.63, 3.8) is 0 Å². The zero-order valence-electron chi connectivity index (χ0n) is 74.1. The number of halogens is 1. The maximum atomic E-state index is 13.3. The van der Waals surface area contributed by atoms with E-state index >= 15 is 0 Å². The summed E-state index contributed by atoms with van der Waals surface area (Å²) < 4.78 is 109. The van der Waals surface area contributed by atoms with Crippen LogP contribution in [0.25, 0.3) is 0 Å². The van der Waals surface area contributed by atoms with Crippen LogP contribution in [0.2, 0.25) is 0 Å². The van der Waals surface area contributed by atoms with E-state index in [1.54, 1.807) is 109 Å². The third-order valence-electron chi connectivity index (χ3n) is 18.1. The van der Waals surface area contributed by atoms with Gasteiger partial charge in [0.25, 0.3) is 0 Å². The van der Waals surface area contributed by atoms with Gasteiger partial charge >= 0.3 is 0 Å². The third kappa shape index (κ3) is 32.5. The number of hydrogen-bond donors (Lipinski definition) is 0. The minimum atomic E-state index is -0.454. The number of ether oxygens (including phenoxy) is 18. The molecule has 0 saturated carbocycles. The first-order valence-electron chi connectivity index (χ1n) is 39.2. The lowest BCUT2D eigenvalue weighted by Gasteiger charge is -2.17. The number of benzene rings is 12. The summed E-state index contributed by atoms with van der Waals surface area (Å²) in [7, 11) is 22.1. The fourth-order valence-corrected chi connectivity index (χ4v) is 19.3. The van der Waals surface area contributed by atoms with Crippen molar-refractivity contribution in [3.05, 3.63) is 281 Å². The number of hydrogen-bond acceptors (Lipinski definition) is 24. The molecule has 0 spiro atoms. The summed E-state index contributed by atoms with van der Waals surface area (Å²) in [6, 6.07) is 70.4. The second kappa shape index (κ2) is 58.0. The minimum absolute atomic E-state index is 0.0458. The lowest BCUT2D eigenvalue weighted by atomic mass is 10.1. The van der Waals surface area contributed by atoms with Gasteiger partial charge in [-0.05, 0) is 130 Å². The molecule has 0 saturated heterocycles. The first-order chi connectivity index (χ1) is 62.9. The normalized spacial score (nSPS) is 10.8. The lowest BCUT2D eigenvalue weighted by Crippen LogP contribution is -2.15. The Morgan fingerprint density at radius 3 is 0.992 bits per heavy atom. The van der Waals surface area contributed by atoms with Gasteiger partial charge in [0.15, 0.2) is 106 Å². The summed E-state index contributed by atoms with van der Waals surface area (Å²) in [6.07, 6.45) is 5.06. The van der Waals surface area contributed by atoms with E-state index in [0.717, 1.165) is 135 Å². The molecule has 129 heavy (non-hydrogen) atoms. The van der Waals surface area contributed by atoms with Crippen LogP contribution in [0.1, 0.15) is 73.3 Å². The average molecular weight is 1870 g/mol. The molecule has 6 unspecified atom stereocenters. The number of carbonyl (C=O) groups excluding carboxylic acids is 6. The molecule has 678 valence electrons. The molecule has 0 heterocycles. The molecule has 31 heteroatoms. The minimum Gasteiger partial charge on any atom is -0.497 e. The van der Waals surface area contributed by atoms with E-state index in [4.69, 9.17) is 85.3 Å². The Balaban J connectivity index is 0.000000212. The highest BCUT2D eigenvalue weighted by Gasteiger charge is 2.21. The van der Waals surface area contributed by atoms with Gasteiger partial charge in [-0.15, -0.1) is 0 Å². The van der Waals surface area contributed by atoms with Gasteiger partial charge in [-0.25, -0.2) is 4.39 Å². The van der Waals surface area contributed by atoms with E-state index in [1.807, 2.05) is 202 Å². The summed E-state index contributed by atoms with van der Waals surface area (Å²) in [5.74, 6) is 8.11. The topological polar surface area (TPSA) is 269 Å². The van der Waals surface area contributed by atoms with Crippen molar-refractivity contribution < 1.29 is 118 Å². The molecule has 12 rings (SSSR count). The lowest BCUT2D eigenvalue weighted by molar-refractivity contribution is 0.0498. The third-order valence-corrected chi connectivity index (χ3v) is 26.6. The van der Waals surface area contributed by atoms with Crippen molar-refractivity contribution >= 4 is 153 Å². The van der Waals surface area contributed by atoms with E-state index in [1.165, 1.54) is 26.4 Å². The van der Waals surface area contributed by atoms with Crippen molar-refractivity contribution in [2.45, 2.75) is 13.8 Å². The second-order valence-electron chi connectivity index (χ2n) is 26.5. The maximum absolute atomic E-state index is 13.3. The van der Waals surface area contributed by atoms with Crippen molar-refractivity contribution in [2.75, 3.05) is 126 Å². The van der Waals surface area contributed by atoms with Crippen LogP contribution in [0.3, 0.4) is 0 Å². The zero-order chi connectivity index (χ0) is 93.2. The number of methoxy groups -OCH3 is 13. The fourth-order valence-electron chi connectivity index (χ4n) is 11.8. The molecule has 24 nitrogen and oxygen atoms in total. The molecule has 0 radical (unpaired) electrons. The highest BCUT2D eigenvalue weighted by Crippen LogP contribution is 2.38. The number of aldehydes is 6. The molecule has 6 atom stereocenters. The van der Waals surface area contributed by atoms with Crippen LogP contribution in [-0.4, -0.2) is 164 Å². The van der Waals surface area contributed by atoms with Gasteiger partial charge in [0.2, 0.25) is 0 Å². The van der Waals surface area contributed by atoms with Gasteiger partial charge in [0.05, 0.1) is 56.9 Å². The SMILES string of the molecule is COCOc1c(OC)cc(OC)cc1Pc1ccc(F)cc1C=O.COCOc1c(OC)cc(OC)cc1Pc1ccccc1C=O.COCOc1c(OC)cccc1Pc1c(C)cccc1C=O.COCOc1ccc(OC)cc1Pc1ccc(C)cc1C=O.COCOc1ccc(OC)cc1Pc1ccccc1C=O.COc1ccccc1Pc1ccccc1C=O. The standard InChI is InChI=1S/C17H18FO5P.C17H19O5P.2C17H19O4P.C16H17O4P.C14H13O2P/c1-20-10-23-17-14(22-3)7-13(21-2)8-16(17)24-15-5-4-12(18)6-11(15)9-19;1-19-11-22-17-14(21-3)8-13(20-2)9-16(17)23-15-7-5-4-6-12(15)10-18;1-12-4-7-16(13(8-12)10-18)22-17-9-14(20-3)5-6-15(17)21-11-19-2;1-12-6-4-7-13(10-18)17(12)22-15-9-5-8-14(20-3)16(15)21-11-19-2;1-18-11-20-14-8-7-13(19-2)9-16(14)21-15-6-4-3-5-12(15)10-17;1-16-12-7-3-5-9-14(12)17-13-8-4-2-6-11(13)10-15/h4-9,24H,10H2,1-3H3;4-10,23H,11H2,1-3H3;2*4-10,22H,11H2,1-3H3;3-10,21H,11H2,1-2H3;2-10,17H,1H3. The van der Waals surface area contributed by atoms with E-state index < -0.39 is 5.82 Å². The fraction of sp³-hybridized carbons (Fsp3) is 0.204. The van der Waals surface area contributed by atoms with Crippen LogP contribution in [0.4, 0.5) is 4.39 Å². The number of para-hydroxylation sites is 2. The Labute approximate surface area is 762 Å². The average Bonchev–Trinajstić information content (AvgIpc) is 0.777. The predicted octanol–water partition coefficient (Wildman–Crippen LogP) is 13.5. The van der Waals surface area contributed by atoms with Gasteiger partial charge in [0.1, 0.15) is 46.1 Å². The summed E-state index contributed by atoms with van der Waals surface area (Å²) >= 11 is 0. The molecule has 0 N–H and O–H groups in total. The first kappa shape index (κ1) is 104. The molecule has 0 aromatic heterocycles. The predicted molar refractivity (Wildman–Crippen MR) is 519 cm³/mol. The van der Waals surface area contributed by atoms with Crippen LogP contribution in [-0.2, 0) is 23.7 Å². The summed E-state index contributed by atoms with van der Waals surface area (Å²) in [5.41, 5.74) is 5.96. The van der Waals surface area contributed by atoms with Crippen molar-refractivity contribution in [3.8, 4) is 74.7 Å². The summed E-state index contributed by atoms with van der Waals surface area (Å²) in [4.78, 5) is 67.1. The van der Waals surface area contributed by atoms with Crippen LogP contribution in [0.5, 0.6) is 74.7 Å². The summed E-state index contributed by atoms with van der Waals surface area (Å²) in [6.45, 7) is 4.63.